The highest BCUT2D eigenvalue weighted by molar-refractivity contribution is 7.08. The van der Waals surface area contributed by atoms with Crippen LogP contribution in [-0.4, -0.2) is 28.3 Å². The summed E-state index contributed by atoms with van der Waals surface area (Å²) in [5, 5.41) is 10.2. The van der Waals surface area contributed by atoms with Crippen LogP contribution >= 0.6 is 11.3 Å². The Bertz CT molecular complexity index is 590. The second-order valence-corrected chi connectivity index (χ2v) is 5.17. The van der Waals surface area contributed by atoms with Gasteiger partial charge in [-0.15, -0.1) is 0 Å². The lowest BCUT2D eigenvalue weighted by atomic mass is 10.3. The molecule has 0 atom stereocenters. The van der Waals surface area contributed by atoms with E-state index in [4.69, 9.17) is 4.74 Å². The summed E-state index contributed by atoms with van der Waals surface area (Å²) in [6, 6.07) is 3.48. The number of hydrogen-bond acceptors (Lipinski definition) is 5. The average molecular weight is 293 g/mol. The van der Waals surface area contributed by atoms with Gasteiger partial charge in [0.1, 0.15) is 5.82 Å². The molecule has 20 heavy (non-hydrogen) atoms. The molecule has 0 spiro atoms. The van der Waals surface area contributed by atoms with E-state index in [9.17, 15) is 9.59 Å². The van der Waals surface area contributed by atoms with Gasteiger partial charge in [-0.05, 0) is 25.3 Å². The normalized spacial score (nSPS) is 10.6. The Hall–Kier alpha value is -2.15. The summed E-state index contributed by atoms with van der Waals surface area (Å²) in [5.41, 5.74) is 0.454. The van der Waals surface area contributed by atoms with E-state index >= 15 is 0 Å². The van der Waals surface area contributed by atoms with E-state index in [1.807, 2.05) is 13.8 Å². The zero-order chi connectivity index (χ0) is 14.5. The number of thiophene rings is 1. The van der Waals surface area contributed by atoms with E-state index in [-0.39, 0.29) is 12.6 Å². The molecule has 7 heteroatoms. The van der Waals surface area contributed by atoms with Gasteiger partial charge in [-0.25, -0.2) is 9.48 Å². The van der Waals surface area contributed by atoms with Gasteiger partial charge in [0.2, 0.25) is 0 Å². The van der Waals surface area contributed by atoms with Crippen LogP contribution in [0.4, 0.5) is 5.82 Å². The maximum absolute atomic E-state index is 11.7. The van der Waals surface area contributed by atoms with Crippen LogP contribution in [0, 0.1) is 0 Å². The minimum atomic E-state index is -0.501. The second-order valence-electron chi connectivity index (χ2n) is 4.39. The van der Waals surface area contributed by atoms with Gasteiger partial charge in [-0.1, -0.05) is 0 Å². The van der Waals surface area contributed by atoms with Gasteiger partial charge < -0.3 is 10.1 Å². The Labute approximate surface area is 120 Å². The lowest BCUT2D eigenvalue weighted by Gasteiger charge is -2.11. The zero-order valence-electron chi connectivity index (χ0n) is 11.2. The first kappa shape index (κ1) is 14.3. The SMILES string of the molecule is CC(C)n1nccc1NC(=O)COC(=O)c1ccsc1. The minimum Gasteiger partial charge on any atom is -0.452 e. The molecule has 0 saturated carbocycles. The third-order valence-electron chi connectivity index (χ3n) is 2.52. The van der Waals surface area contributed by atoms with Gasteiger partial charge in [-0.3, -0.25) is 4.79 Å². The topological polar surface area (TPSA) is 73.2 Å². The number of aromatic nitrogens is 2. The number of nitrogens with one attached hydrogen (secondary N) is 1. The molecule has 106 valence electrons. The average Bonchev–Trinajstić information content (AvgIpc) is 3.06. The maximum atomic E-state index is 11.7. The summed E-state index contributed by atoms with van der Waals surface area (Å²) in [4.78, 5) is 23.3. The number of anilines is 1. The predicted octanol–water partition coefficient (Wildman–Crippen LogP) is 2.32. The smallest absolute Gasteiger partial charge is 0.339 e. The third kappa shape index (κ3) is 3.45. The van der Waals surface area contributed by atoms with E-state index in [2.05, 4.69) is 10.4 Å². The molecule has 0 saturated heterocycles. The molecule has 1 amide bonds. The van der Waals surface area contributed by atoms with Crippen molar-refractivity contribution in [2.75, 3.05) is 11.9 Å². The third-order valence-corrected chi connectivity index (χ3v) is 3.20. The fraction of sp³-hybridized carbons (Fsp3) is 0.308. The molecule has 0 aliphatic rings. The van der Waals surface area contributed by atoms with Crippen LogP contribution in [0.2, 0.25) is 0 Å². The molecule has 1 N–H and O–H groups in total. The molecule has 0 aromatic carbocycles. The first-order valence-corrected chi connectivity index (χ1v) is 7.05. The van der Waals surface area contributed by atoms with Crippen LogP contribution in [0.3, 0.4) is 0 Å². The first-order chi connectivity index (χ1) is 9.58. The molecule has 6 nitrogen and oxygen atoms in total. The van der Waals surface area contributed by atoms with Crippen molar-refractivity contribution in [1.82, 2.24) is 9.78 Å². The molecule has 2 heterocycles. The molecule has 0 radical (unpaired) electrons. The van der Waals surface area contributed by atoms with Gasteiger partial charge >= 0.3 is 5.97 Å². The van der Waals surface area contributed by atoms with Crippen molar-refractivity contribution in [2.45, 2.75) is 19.9 Å². The Balaban J connectivity index is 1.87. The molecule has 0 aliphatic heterocycles. The summed E-state index contributed by atoms with van der Waals surface area (Å²) in [7, 11) is 0. The fourth-order valence-electron chi connectivity index (χ4n) is 1.60. The van der Waals surface area contributed by atoms with Crippen LogP contribution < -0.4 is 5.32 Å². The fourth-order valence-corrected chi connectivity index (χ4v) is 2.22. The predicted molar refractivity (Wildman–Crippen MR) is 75.8 cm³/mol. The monoisotopic (exact) mass is 293 g/mol. The van der Waals surface area contributed by atoms with E-state index in [1.165, 1.54) is 11.3 Å². The number of nitrogens with zero attached hydrogens (tertiary/aromatic N) is 2. The van der Waals surface area contributed by atoms with Gasteiger partial charge in [0.05, 0.1) is 11.8 Å². The largest absolute Gasteiger partial charge is 0.452 e. The zero-order valence-corrected chi connectivity index (χ0v) is 12.0. The van der Waals surface area contributed by atoms with Crippen molar-refractivity contribution in [2.24, 2.45) is 0 Å². The van der Waals surface area contributed by atoms with Crippen LogP contribution in [0.1, 0.15) is 30.2 Å². The van der Waals surface area contributed by atoms with Crippen molar-refractivity contribution in [3.8, 4) is 0 Å². The second kappa shape index (κ2) is 6.33. The number of amides is 1. The van der Waals surface area contributed by atoms with Gasteiger partial charge in [0.25, 0.3) is 5.91 Å². The molecule has 0 fully saturated rings. The van der Waals surface area contributed by atoms with Crippen molar-refractivity contribution in [3.63, 3.8) is 0 Å². The Kier molecular flexibility index (Phi) is 4.52. The summed E-state index contributed by atoms with van der Waals surface area (Å²) < 4.78 is 6.60. The molecule has 2 rings (SSSR count). The number of carbonyl (C=O) groups is 2. The molecule has 0 unspecified atom stereocenters. The number of carbonyl (C=O) groups excluding carboxylic acids is 2. The molecule has 0 aliphatic carbocycles. The molecular formula is C13H15N3O3S. The van der Waals surface area contributed by atoms with Gasteiger partial charge in [0.15, 0.2) is 6.61 Å². The van der Waals surface area contributed by atoms with E-state index in [1.54, 1.807) is 33.8 Å². The number of rotatable bonds is 5. The standard InChI is InChI=1S/C13H15N3O3S/c1-9(2)16-11(3-5-14-16)15-12(17)7-19-13(18)10-4-6-20-8-10/h3-6,8-9H,7H2,1-2H3,(H,15,17). The van der Waals surface area contributed by atoms with Gasteiger partial charge in [0, 0.05) is 17.5 Å². The summed E-state index contributed by atoms with van der Waals surface area (Å²) in [5.74, 6) is -0.314. The molecule has 2 aromatic heterocycles. The Morgan fingerprint density at radius 3 is 2.90 bits per heavy atom. The minimum absolute atomic E-state index is 0.133. The quantitative estimate of drug-likeness (QED) is 0.859. The summed E-state index contributed by atoms with van der Waals surface area (Å²) in [6.07, 6.45) is 1.60. The van der Waals surface area contributed by atoms with E-state index in [0.717, 1.165) is 0 Å². The van der Waals surface area contributed by atoms with Crippen molar-refractivity contribution < 1.29 is 14.3 Å². The van der Waals surface area contributed by atoms with Crippen LogP contribution in [0.15, 0.2) is 29.1 Å². The molecule has 0 bridgehead atoms. The van der Waals surface area contributed by atoms with Crippen molar-refractivity contribution in [1.29, 1.82) is 0 Å². The van der Waals surface area contributed by atoms with E-state index in [0.29, 0.717) is 11.4 Å². The highest BCUT2D eigenvalue weighted by Gasteiger charge is 2.13. The summed E-state index contributed by atoms with van der Waals surface area (Å²) >= 11 is 1.40. The van der Waals surface area contributed by atoms with Crippen LogP contribution in [0.5, 0.6) is 0 Å². The van der Waals surface area contributed by atoms with Gasteiger partial charge in [-0.2, -0.15) is 16.4 Å². The Morgan fingerprint density at radius 1 is 1.45 bits per heavy atom. The Morgan fingerprint density at radius 2 is 2.25 bits per heavy atom. The number of ether oxygens (including phenoxy) is 1. The molecular weight excluding hydrogens is 278 g/mol. The highest BCUT2D eigenvalue weighted by atomic mass is 32.1. The maximum Gasteiger partial charge on any atom is 0.339 e. The number of esters is 1. The highest BCUT2D eigenvalue weighted by Crippen LogP contribution is 2.13. The van der Waals surface area contributed by atoms with Crippen molar-refractivity contribution >= 4 is 29.0 Å². The van der Waals surface area contributed by atoms with Crippen LogP contribution in [-0.2, 0) is 9.53 Å². The van der Waals surface area contributed by atoms with Crippen molar-refractivity contribution in [3.05, 3.63) is 34.7 Å². The number of hydrogen-bond donors (Lipinski definition) is 1. The summed E-state index contributed by atoms with van der Waals surface area (Å²) in [6.45, 7) is 3.59. The first-order valence-electron chi connectivity index (χ1n) is 6.10. The molecule has 2 aromatic rings. The lowest BCUT2D eigenvalue weighted by Crippen LogP contribution is -2.22. The lowest BCUT2D eigenvalue weighted by molar-refractivity contribution is -0.119. The van der Waals surface area contributed by atoms with E-state index < -0.39 is 11.9 Å². The van der Waals surface area contributed by atoms with Crippen LogP contribution in [0.25, 0.3) is 0 Å².